The van der Waals surface area contributed by atoms with Crippen LogP contribution in [0.2, 0.25) is 0 Å². The summed E-state index contributed by atoms with van der Waals surface area (Å²) >= 11 is 0. The standard InChI is InChI=1S/C20H15N5/c21-15-7-14(10-22-11-15)12-5-6-18-16(8-12)20(25-24-18)19-9-13-3-1-2-4-17(13)23-19/h1-11,23H,21H2,(H,24,25). The van der Waals surface area contributed by atoms with Gasteiger partial charge in [0.15, 0.2) is 0 Å². The molecule has 0 amide bonds. The Morgan fingerprint density at radius 3 is 2.64 bits per heavy atom. The third-order valence-corrected chi connectivity index (χ3v) is 4.44. The van der Waals surface area contributed by atoms with Crippen molar-refractivity contribution in [3.05, 3.63) is 67.0 Å². The summed E-state index contributed by atoms with van der Waals surface area (Å²) in [5.74, 6) is 0. The highest BCUT2D eigenvalue weighted by Crippen LogP contribution is 2.31. The minimum Gasteiger partial charge on any atom is -0.397 e. The number of nitrogen functional groups attached to an aromatic ring is 1. The number of H-pyrrole nitrogens is 2. The lowest BCUT2D eigenvalue weighted by Crippen LogP contribution is -1.87. The van der Waals surface area contributed by atoms with Gasteiger partial charge in [-0.05, 0) is 35.9 Å². The minimum absolute atomic E-state index is 0.653. The number of hydrogen-bond acceptors (Lipinski definition) is 3. The van der Waals surface area contributed by atoms with Gasteiger partial charge in [-0.1, -0.05) is 24.3 Å². The quantitative estimate of drug-likeness (QED) is 0.451. The van der Waals surface area contributed by atoms with Gasteiger partial charge in [-0.25, -0.2) is 0 Å². The molecule has 0 atom stereocenters. The van der Waals surface area contributed by atoms with Crippen molar-refractivity contribution >= 4 is 27.5 Å². The molecule has 5 heteroatoms. The number of anilines is 1. The van der Waals surface area contributed by atoms with Gasteiger partial charge in [-0.3, -0.25) is 10.1 Å². The van der Waals surface area contributed by atoms with E-state index >= 15 is 0 Å². The number of para-hydroxylation sites is 1. The number of benzene rings is 2. The number of nitrogens with one attached hydrogen (secondary N) is 2. The van der Waals surface area contributed by atoms with Crippen molar-refractivity contribution in [2.45, 2.75) is 0 Å². The van der Waals surface area contributed by atoms with E-state index in [2.05, 4.69) is 44.4 Å². The molecule has 3 heterocycles. The zero-order chi connectivity index (χ0) is 16.8. The molecule has 0 aliphatic carbocycles. The number of rotatable bonds is 2. The highest BCUT2D eigenvalue weighted by Gasteiger charge is 2.12. The predicted molar refractivity (Wildman–Crippen MR) is 101 cm³/mol. The first-order valence-electron chi connectivity index (χ1n) is 8.05. The normalized spacial score (nSPS) is 11.4. The first kappa shape index (κ1) is 13.8. The van der Waals surface area contributed by atoms with E-state index in [1.807, 2.05) is 36.5 Å². The van der Waals surface area contributed by atoms with Gasteiger partial charge in [0, 0.05) is 34.2 Å². The Labute approximate surface area is 143 Å². The van der Waals surface area contributed by atoms with E-state index in [-0.39, 0.29) is 0 Å². The monoisotopic (exact) mass is 325 g/mol. The Balaban J connectivity index is 1.70. The molecule has 0 fully saturated rings. The van der Waals surface area contributed by atoms with Crippen LogP contribution >= 0.6 is 0 Å². The summed E-state index contributed by atoms with van der Waals surface area (Å²) in [4.78, 5) is 7.63. The van der Waals surface area contributed by atoms with Crippen LogP contribution in [0.25, 0.3) is 44.3 Å². The molecule has 5 rings (SSSR count). The van der Waals surface area contributed by atoms with E-state index in [0.717, 1.165) is 38.9 Å². The molecule has 0 saturated carbocycles. The first-order chi connectivity index (χ1) is 12.3. The van der Waals surface area contributed by atoms with Gasteiger partial charge in [-0.2, -0.15) is 5.10 Å². The maximum absolute atomic E-state index is 5.87. The average molecular weight is 325 g/mol. The van der Waals surface area contributed by atoms with E-state index in [9.17, 15) is 0 Å². The molecule has 4 N–H and O–H groups in total. The summed E-state index contributed by atoms with van der Waals surface area (Å²) < 4.78 is 0. The minimum atomic E-state index is 0.653. The lowest BCUT2D eigenvalue weighted by atomic mass is 10.0. The lowest BCUT2D eigenvalue weighted by Gasteiger charge is -2.03. The summed E-state index contributed by atoms with van der Waals surface area (Å²) in [6.45, 7) is 0. The smallest absolute Gasteiger partial charge is 0.116 e. The van der Waals surface area contributed by atoms with Crippen LogP contribution in [0.4, 0.5) is 5.69 Å². The molecule has 0 unspecified atom stereocenters. The summed E-state index contributed by atoms with van der Waals surface area (Å²) in [5, 5.41) is 9.86. The van der Waals surface area contributed by atoms with Crippen molar-refractivity contribution in [1.29, 1.82) is 0 Å². The summed E-state index contributed by atoms with van der Waals surface area (Å²) in [6.07, 6.45) is 3.47. The second-order valence-electron chi connectivity index (χ2n) is 6.11. The number of fused-ring (bicyclic) bond motifs is 2. The molecule has 5 aromatic rings. The fourth-order valence-electron chi connectivity index (χ4n) is 3.22. The third kappa shape index (κ3) is 2.25. The molecule has 0 spiro atoms. The Kier molecular flexibility index (Phi) is 2.87. The Morgan fingerprint density at radius 2 is 1.76 bits per heavy atom. The van der Waals surface area contributed by atoms with Crippen LogP contribution in [-0.4, -0.2) is 20.2 Å². The fraction of sp³-hybridized carbons (Fsp3) is 0. The number of aromatic nitrogens is 4. The first-order valence-corrected chi connectivity index (χ1v) is 8.05. The molecule has 5 nitrogen and oxygen atoms in total. The highest BCUT2D eigenvalue weighted by molar-refractivity contribution is 5.97. The Hall–Kier alpha value is -3.60. The maximum Gasteiger partial charge on any atom is 0.116 e. The Morgan fingerprint density at radius 1 is 0.840 bits per heavy atom. The van der Waals surface area contributed by atoms with Crippen molar-refractivity contribution < 1.29 is 0 Å². The van der Waals surface area contributed by atoms with E-state index in [4.69, 9.17) is 5.73 Å². The van der Waals surface area contributed by atoms with Crippen molar-refractivity contribution in [1.82, 2.24) is 20.2 Å². The van der Waals surface area contributed by atoms with Gasteiger partial charge < -0.3 is 10.7 Å². The van der Waals surface area contributed by atoms with Crippen LogP contribution in [-0.2, 0) is 0 Å². The summed E-state index contributed by atoms with van der Waals surface area (Å²) in [7, 11) is 0. The topological polar surface area (TPSA) is 83.4 Å². The van der Waals surface area contributed by atoms with Crippen molar-refractivity contribution in [3.8, 4) is 22.5 Å². The van der Waals surface area contributed by atoms with Gasteiger partial charge in [-0.15, -0.1) is 0 Å². The fourth-order valence-corrected chi connectivity index (χ4v) is 3.22. The number of hydrogen-bond donors (Lipinski definition) is 3. The zero-order valence-corrected chi connectivity index (χ0v) is 13.3. The molecule has 0 radical (unpaired) electrons. The molecular weight excluding hydrogens is 310 g/mol. The predicted octanol–water partition coefficient (Wildman–Crippen LogP) is 4.36. The number of nitrogens with zero attached hydrogens (tertiary/aromatic N) is 2. The van der Waals surface area contributed by atoms with Crippen molar-refractivity contribution in [2.75, 3.05) is 5.73 Å². The number of aromatic amines is 2. The molecular formula is C20H15N5. The molecule has 2 aromatic carbocycles. The second kappa shape index (κ2) is 5.21. The SMILES string of the molecule is Nc1cncc(-c2ccc3[nH]nc(-c4cc5ccccc5[nH]4)c3c2)c1. The van der Waals surface area contributed by atoms with Crippen molar-refractivity contribution in [2.24, 2.45) is 0 Å². The number of pyridine rings is 1. The highest BCUT2D eigenvalue weighted by atomic mass is 15.1. The molecule has 3 aromatic heterocycles. The van der Waals surface area contributed by atoms with Gasteiger partial charge in [0.25, 0.3) is 0 Å². The van der Waals surface area contributed by atoms with Crippen LogP contribution in [0.3, 0.4) is 0 Å². The van der Waals surface area contributed by atoms with Crippen LogP contribution < -0.4 is 5.73 Å². The molecule has 120 valence electrons. The number of nitrogens with two attached hydrogens (primary N) is 1. The van der Waals surface area contributed by atoms with Crippen molar-refractivity contribution in [3.63, 3.8) is 0 Å². The van der Waals surface area contributed by atoms with E-state index in [1.54, 1.807) is 6.20 Å². The third-order valence-electron chi connectivity index (χ3n) is 4.44. The van der Waals surface area contributed by atoms with Crippen LogP contribution in [0.15, 0.2) is 67.0 Å². The second-order valence-corrected chi connectivity index (χ2v) is 6.11. The maximum atomic E-state index is 5.87. The van der Waals surface area contributed by atoms with E-state index in [0.29, 0.717) is 5.69 Å². The average Bonchev–Trinajstić information content (AvgIpc) is 3.24. The van der Waals surface area contributed by atoms with Crippen LogP contribution in [0, 0.1) is 0 Å². The summed E-state index contributed by atoms with van der Waals surface area (Å²) in [5.41, 5.74) is 12.6. The molecule has 0 saturated heterocycles. The van der Waals surface area contributed by atoms with Crippen LogP contribution in [0.1, 0.15) is 0 Å². The summed E-state index contributed by atoms with van der Waals surface area (Å²) in [6, 6.07) is 18.5. The molecule has 0 bridgehead atoms. The zero-order valence-electron chi connectivity index (χ0n) is 13.3. The largest absolute Gasteiger partial charge is 0.397 e. The molecule has 0 aliphatic rings. The van der Waals surface area contributed by atoms with Gasteiger partial charge in [0.1, 0.15) is 5.69 Å². The van der Waals surface area contributed by atoms with Crippen LogP contribution in [0.5, 0.6) is 0 Å². The van der Waals surface area contributed by atoms with Gasteiger partial charge in [0.05, 0.1) is 16.9 Å². The van der Waals surface area contributed by atoms with Gasteiger partial charge >= 0.3 is 0 Å². The Bertz CT molecular complexity index is 1180. The molecule has 25 heavy (non-hydrogen) atoms. The lowest BCUT2D eigenvalue weighted by molar-refractivity contribution is 1.12. The van der Waals surface area contributed by atoms with E-state index in [1.165, 1.54) is 5.39 Å². The molecule has 0 aliphatic heterocycles. The van der Waals surface area contributed by atoms with E-state index < -0.39 is 0 Å². The van der Waals surface area contributed by atoms with Gasteiger partial charge in [0.2, 0.25) is 0 Å².